The van der Waals surface area contributed by atoms with E-state index in [0.29, 0.717) is 13.0 Å². The van der Waals surface area contributed by atoms with Gasteiger partial charge in [0.05, 0.1) is 11.4 Å². The summed E-state index contributed by atoms with van der Waals surface area (Å²) in [4.78, 5) is 14.2. The Bertz CT molecular complexity index is 1010. The molecule has 1 saturated heterocycles. The Labute approximate surface area is 172 Å². The number of hydrogen-bond donors (Lipinski definition) is 1. The third-order valence-corrected chi connectivity index (χ3v) is 5.60. The van der Waals surface area contributed by atoms with Crippen molar-refractivity contribution in [3.63, 3.8) is 0 Å². The number of nitrogens with zero attached hydrogens (tertiary/aromatic N) is 3. The second-order valence-corrected chi connectivity index (χ2v) is 8.03. The maximum atomic E-state index is 11.8. The van der Waals surface area contributed by atoms with E-state index in [9.17, 15) is 4.79 Å². The molecule has 150 valence electrons. The molecule has 0 saturated carbocycles. The highest BCUT2D eigenvalue weighted by Gasteiger charge is 2.23. The largest absolute Gasteiger partial charge is 0.355 e. The highest BCUT2D eigenvalue weighted by atomic mass is 16.1. The van der Waals surface area contributed by atoms with Crippen LogP contribution >= 0.6 is 0 Å². The second-order valence-electron chi connectivity index (χ2n) is 8.03. The van der Waals surface area contributed by atoms with Gasteiger partial charge in [-0.3, -0.25) is 9.69 Å². The van der Waals surface area contributed by atoms with Crippen LogP contribution in [0.25, 0.3) is 16.9 Å². The van der Waals surface area contributed by atoms with Crippen LogP contribution < -0.4 is 5.32 Å². The highest BCUT2D eigenvalue weighted by Crippen LogP contribution is 2.26. The van der Waals surface area contributed by atoms with Crippen molar-refractivity contribution in [3.05, 3.63) is 71.4 Å². The molecule has 5 nitrogen and oxygen atoms in total. The number of aromatic nitrogens is 2. The van der Waals surface area contributed by atoms with Crippen molar-refractivity contribution in [2.75, 3.05) is 13.1 Å². The van der Waals surface area contributed by atoms with Gasteiger partial charge in [0, 0.05) is 49.4 Å². The van der Waals surface area contributed by atoms with Crippen LogP contribution in [0.3, 0.4) is 0 Å². The van der Waals surface area contributed by atoms with Crippen molar-refractivity contribution in [3.8, 4) is 16.9 Å². The summed E-state index contributed by atoms with van der Waals surface area (Å²) < 4.78 is 1.97. The molecule has 0 spiro atoms. The van der Waals surface area contributed by atoms with Crippen molar-refractivity contribution in [1.29, 1.82) is 0 Å². The molecule has 0 radical (unpaired) electrons. The molecular formula is C24H28N4O. The maximum absolute atomic E-state index is 11.8. The van der Waals surface area contributed by atoms with Gasteiger partial charge < -0.3 is 5.32 Å². The number of carbonyl (C=O) groups is 1. The maximum Gasteiger partial charge on any atom is 0.221 e. The van der Waals surface area contributed by atoms with Crippen LogP contribution in [0.15, 0.2) is 54.7 Å². The Morgan fingerprint density at radius 2 is 1.90 bits per heavy atom. The van der Waals surface area contributed by atoms with E-state index in [1.165, 1.54) is 16.7 Å². The zero-order chi connectivity index (χ0) is 20.4. The van der Waals surface area contributed by atoms with Gasteiger partial charge in [0.15, 0.2) is 0 Å². The molecule has 2 aromatic carbocycles. The van der Waals surface area contributed by atoms with Gasteiger partial charge in [0.2, 0.25) is 5.91 Å². The normalized spacial score (nSPS) is 17.8. The fourth-order valence-electron chi connectivity index (χ4n) is 3.79. The van der Waals surface area contributed by atoms with E-state index in [1.54, 1.807) is 0 Å². The summed E-state index contributed by atoms with van der Waals surface area (Å²) in [6, 6.07) is 17.2. The summed E-state index contributed by atoms with van der Waals surface area (Å²) in [6.07, 6.45) is 2.67. The first-order valence-corrected chi connectivity index (χ1v) is 10.2. The van der Waals surface area contributed by atoms with Crippen LogP contribution in [0.5, 0.6) is 0 Å². The molecule has 4 rings (SSSR count). The van der Waals surface area contributed by atoms with Crippen molar-refractivity contribution < 1.29 is 4.79 Å². The number of carbonyl (C=O) groups excluding carboxylic acids is 1. The van der Waals surface area contributed by atoms with Gasteiger partial charge in [-0.2, -0.15) is 5.10 Å². The molecule has 3 aromatic rings. The molecular weight excluding hydrogens is 360 g/mol. The van der Waals surface area contributed by atoms with E-state index >= 15 is 0 Å². The van der Waals surface area contributed by atoms with Crippen LogP contribution in [0.1, 0.15) is 30.0 Å². The van der Waals surface area contributed by atoms with E-state index in [4.69, 9.17) is 5.10 Å². The number of hydrogen-bond acceptors (Lipinski definition) is 3. The summed E-state index contributed by atoms with van der Waals surface area (Å²) in [7, 11) is 0. The predicted octanol–water partition coefficient (Wildman–Crippen LogP) is 3.87. The van der Waals surface area contributed by atoms with E-state index in [-0.39, 0.29) is 11.9 Å². The molecule has 0 unspecified atom stereocenters. The molecule has 1 aliphatic rings. The van der Waals surface area contributed by atoms with Crippen molar-refractivity contribution >= 4 is 5.91 Å². The van der Waals surface area contributed by atoms with Crippen LogP contribution in [0, 0.1) is 13.8 Å². The molecule has 5 heteroatoms. The highest BCUT2D eigenvalue weighted by molar-refractivity contribution is 5.76. The molecule has 1 N–H and O–H groups in total. The SMILES string of the molecule is Cc1ccc(-n2cc(CN3CCC(=O)NC[C@@H]3C)c(-c3cccc(C)c3)n2)cc1. The Morgan fingerprint density at radius 3 is 2.66 bits per heavy atom. The Balaban J connectivity index is 1.72. The summed E-state index contributed by atoms with van der Waals surface area (Å²) >= 11 is 0. The summed E-state index contributed by atoms with van der Waals surface area (Å²) in [6.45, 7) is 8.58. The summed E-state index contributed by atoms with van der Waals surface area (Å²) in [5, 5.41) is 7.96. The number of aryl methyl sites for hydroxylation is 2. The molecule has 0 bridgehead atoms. The number of rotatable bonds is 4. The zero-order valence-corrected chi connectivity index (χ0v) is 17.4. The molecule has 0 aliphatic carbocycles. The van der Waals surface area contributed by atoms with Crippen LogP contribution in [0.2, 0.25) is 0 Å². The fraction of sp³-hybridized carbons (Fsp3) is 0.333. The molecule has 1 amide bonds. The first-order valence-electron chi connectivity index (χ1n) is 10.2. The van der Waals surface area contributed by atoms with Crippen LogP contribution in [0.4, 0.5) is 0 Å². The third kappa shape index (κ3) is 4.40. The lowest BCUT2D eigenvalue weighted by Gasteiger charge is -2.26. The van der Waals surface area contributed by atoms with E-state index in [0.717, 1.165) is 30.0 Å². The minimum atomic E-state index is 0.133. The number of benzene rings is 2. The van der Waals surface area contributed by atoms with Crippen molar-refractivity contribution in [2.45, 2.75) is 39.8 Å². The summed E-state index contributed by atoms with van der Waals surface area (Å²) in [5.41, 5.74) is 6.81. The van der Waals surface area contributed by atoms with Gasteiger partial charge in [0.1, 0.15) is 0 Å². The lowest BCUT2D eigenvalue weighted by atomic mass is 10.1. The van der Waals surface area contributed by atoms with Gasteiger partial charge in [-0.05, 0) is 39.0 Å². The molecule has 1 aromatic heterocycles. The second kappa shape index (κ2) is 8.21. The quantitative estimate of drug-likeness (QED) is 0.738. The molecule has 1 atom stereocenters. The topological polar surface area (TPSA) is 50.2 Å². The molecule has 2 heterocycles. The zero-order valence-electron chi connectivity index (χ0n) is 17.4. The first-order chi connectivity index (χ1) is 14.0. The fourth-order valence-corrected chi connectivity index (χ4v) is 3.79. The smallest absolute Gasteiger partial charge is 0.221 e. The first kappa shape index (κ1) is 19.4. The molecule has 29 heavy (non-hydrogen) atoms. The van der Waals surface area contributed by atoms with E-state index in [1.807, 2.05) is 4.68 Å². The van der Waals surface area contributed by atoms with E-state index in [2.05, 4.69) is 85.7 Å². The molecule has 1 aliphatic heterocycles. The third-order valence-electron chi connectivity index (χ3n) is 5.60. The number of nitrogens with one attached hydrogen (secondary N) is 1. The van der Waals surface area contributed by atoms with Crippen LogP contribution in [-0.2, 0) is 11.3 Å². The minimum Gasteiger partial charge on any atom is -0.355 e. The van der Waals surface area contributed by atoms with Gasteiger partial charge in [0.25, 0.3) is 0 Å². The lowest BCUT2D eigenvalue weighted by Crippen LogP contribution is -2.37. The van der Waals surface area contributed by atoms with Gasteiger partial charge in [-0.1, -0.05) is 41.5 Å². The predicted molar refractivity (Wildman–Crippen MR) is 116 cm³/mol. The van der Waals surface area contributed by atoms with Gasteiger partial charge in [-0.15, -0.1) is 0 Å². The minimum absolute atomic E-state index is 0.133. The van der Waals surface area contributed by atoms with Crippen molar-refractivity contribution in [2.24, 2.45) is 0 Å². The van der Waals surface area contributed by atoms with Crippen LogP contribution in [-0.4, -0.2) is 39.7 Å². The standard InChI is InChI=1S/C24H28N4O/c1-17-7-9-22(10-8-17)28-16-21(15-27-12-11-23(29)25-14-19(27)3)24(26-28)20-6-4-5-18(2)13-20/h4-10,13,16,19H,11-12,14-15H2,1-3H3,(H,25,29)/t19-/m0/s1. The number of amides is 1. The van der Waals surface area contributed by atoms with E-state index < -0.39 is 0 Å². The summed E-state index contributed by atoms with van der Waals surface area (Å²) in [5.74, 6) is 0.133. The average molecular weight is 389 g/mol. The van der Waals surface area contributed by atoms with Gasteiger partial charge in [-0.25, -0.2) is 4.68 Å². The average Bonchev–Trinajstić information content (AvgIpc) is 3.06. The van der Waals surface area contributed by atoms with Gasteiger partial charge >= 0.3 is 0 Å². The van der Waals surface area contributed by atoms with Crippen molar-refractivity contribution in [1.82, 2.24) is 20.0 Å². The Kier molecular flexibility index (Phi) is 5.49. The molecule has 1 fully saturated rings. The Hall–Kier alpha value is -2.92. The monoisotopic (exact) mass is 388 g/mol. The lowest BCUT2D eigenvalue weighted by molar-refractivity contribution is -0.120. The Morgan fingerprint density at radius 1 is 1.10 bits per heavy atom.